The number of fused-ring (bicyclic) bond motifs is 5. The van der Waals surface area contributed by atoms with Crippen LogP contribution in [0.3, 0.4) is 0 Å². The summed E-state index contributed by atoms with van der Waals surface area (Å²) in [6, 6.07) is 33.8. The summed E-state index contributed by atoms with van der Waals surface area (Å²) in [5.41, 5.74) is 9.24. The number of anilines is 4. The summed E-state index contributed by atoms with van der Waals surface area (Å²) in [5.74, 6) is 1.49. The number of hydrogen-bond acceptors (Lipinski definition) is 4. The second-order valence-electron chi connectivity index (χ2n) is 28.4. The summed E-state index contributed by atoms with van der Waals surface area (Å²) >= 11 is 0. The Morgan fingerprint density at radius 2 is 1.11 bits per heavy atom. The molecule has 3 heterocycles. The van der Waals surface area contributed by atoms with E-state index in [9.17, 15) is 11.0 Å². The normalized spacial score (nSPS) is 17.1. The van der Waals surface area contributed by atoms with Crippen LogP contribution < -0.4 is 14.5 Å². The first-order valence-corrected chi connectivity index (χ1v) is 29.3. The van der Waals surface area contributed by atoms with Crippen LogP contribution in [0.5, 0.6) is 11.5 Å². The third-order valence-corrected chi connectivity index (χ3v) is 17.2. The standard InChI is InChI=1S/C78H84N4O/c1-73(2,3)53-33-35-59(65(45-53)76(10,11)12)50-28-30-51(31-29-50)62-43-55(75(7,8)9)44-63(52-32-37-64-66(42-52)78(15,16)40-39-77(64,13)14)72(62)81-49-80(68-26-19-20-27-69(68)81)56-22-21-23-57(47-56)83-58-34-36-61-60-24-17-18-25-67(60)82(70(61)48-58)71-46-54(38-41-79-71)74(4,5)6/h17-38,41-48H,39-40,49H2,1-16H3/i17D,18D,24D,25D,28D,29D,30D,31D,33D,35D,45D. The first-order valence-electron chi connectivity index (χ1n) is 34.8. The second-order valence-corrected chi connectivity index (χ2v) is 28.4. The minimum Gasteiger partial charge on any atom is -0.457 e. The molecular formula is C78H84N4O. The van der Waals surface area contributed by atoms with Crippen LogP contribution in [0, 0.1) is 0 Å². The van der Waals surface area contributed by atoms with Crippen molar-refractivity contribution in [3.8, 4) is 50.7 Å². The lowest BCUT2D eigenvalue weighted by molar-refractivity contribution is 0.332. The molecule has 5 nitrogen and oxygen atoms in total. The number of benzene rings is 8. The highest BCUT2D eigenvalue weighted by Gasteiger charge is 2.39. The molecule has 2 aliphatic rings. The van der Waals surface area contributed by atoms with Crippen molar-refractivity contribution >= 4 is 44.6 Å². The van der Waals surface area contributed by atoms with Crippen LogP contribution in [-0.2, 0) is 32.5 Å². The molecule has 0 radical (unpaired) electrons. The molecule has 0 unspecified atom stereocenters. The molecule has 1 aliphatic heterocycles. The molecule has 422 valence electrons. The predicted molar refractivity (Wildman–Crippen MR) is 354 cm³/mol. The van der Waals surface area contributed by atoms with E-state index in [1.165, 1.54) is 11.1 Å². The topological polar surface area (TPSA) is 33.5 Å². The number of aromatic nitrogens is 2. The fourth-order valence-electron chi connectivity index (χ4n) is 12.1. The Hall–Kier alpha value is -7.89. The van der Waals surface area contributed by atoms with Crippen molar-refractivity contribution < 1.29 is 19.8 Å². The number of ether oxygens (including phenoxy) is 1. The Labute approximate surface area is 510 Å². The van der Waals surface area contributed by atoms with E-state index in [4.69, 9.17) is 13.8 Å². The number of para-hydroxylation sites is 3. The van der Waals surface area contributed by atoms with Crippen molar-refractivity contribution in [3.05, 3.63) is 215 Å². The average Bonchev–Trinajstić information content (AvgIpc) is 1.30. The van der Waals surface area contributed by atoms with Gasteiger partial charge in [-0.2, -0.15) is 0 Å². The Balaban J connectivity index is 1.06. The molecule has 10 aromatic rings. The summed E-state index contributed by atoms with van der Waals surface area (Å²) < 4.78 is 114. The number of hydrogen-bond donors (Lipinski definition) is 0. The molecule has 2 aromatic heterocycles. The number of rotatable bonds is 8. The highest BCUT2D eigenvalue weighted by atomic mass is 16.5. The van der Waals surface area contributed by atoms with E-state index in [1.54, 1.807) is 10.8 Å². The van der Waals surface area contributed by atoms with Gasteiger partial charge in [0.1, 0.15) is 24.0 Å². The lowest BCUT2D eigenvalue weighted by Gasteiger charge is -2.42. The SMILES string of the molecule is [2H]c1c([2H])c(-c2c([2H])c([2H])c(C(C)(C)C)c([2H])c2C(C)(C)C)c([2H])c([2H])c1-c1cc(C(C)(C)C)cc(-c2ccc3c(c2)C(C)(C)CCC3(C)C)c1N1CN(c2cccc(Oc3ccc4c5c([2H])c([2H])c([2H])c([2H])c5n(-c5cc(C(C)(C)C)ccn5)c4c3)c2)c2ccccc21. The second kappa shape index (κ2) is 19.9. The van der Waals surface area contributed by atoms with Gasteiger partial charge >= 0.3 is 0 Å². The van der Waals surface area contributed by atoms with E-state index >= 15 is 0 Å². The molecule has 0 N–H and O–H groups in total. The average molecular weight is 1100 g/mol. The Morgan fingerprint density at radius 3 is 1.78 bits per heavy atom. The molecule has 8 aromatic carbocycles. The van der Waals surface area contributed by atoms with E-state index in [0.717, 1.165) is 52.2 Å². The first-order chi connectivity index (χ1) is 43.7. The molecule has 0 saturated heterocycles. The zero-order valence-corrected chi connectivity index (χ0v) is 51.3. The van der Waals surface area contributed by atoms with Crippen molar-refractivity contribution in [2.75, 3.05) is 16.5 Å². The van der Waals surface area contributed by atoms with Gasteiger partial charge in [0.15, 0.2) is 0 Å². The van der Waals surface area contributed by atoms with Gasteiger partial charge in [0.05, 0.1) is 43.2 Å². The van der Waals surface area contributed by atoms with E-state index in [1.807, 2.05) is 114 Å². The zero-order valence-electron chi connectivity index (χ0n) is 62.3. The van der Waals surface area contributed by atoms with Gasteiger partial charge in [-0.05, 0) is 168 Å². The minimum atomic E-state index is -0.794. The van der Waals surface area contributed by atoms with E-state index in [0.29, 0.717) is 61.5 Å². The maximum atomic E-state index is 10.3. The van der Waals surface area contributed by atoms with Crippen LogP contribution in [0.1, 0.15) is 172 Å². The Bertz CT molecular complexity index is 4790. The fourth-order valence-corrected chi connectivity index (χ4v) is 12.1. The van der Waals surface area contributed by atoms with Gasteiger partial charge in [-0.15, -0.1) is 0 Å². The lowest BCUT2D eigenvalue weighted by Crippen LogP contribution is -2.33. The molecule has 83 heavy (non-hydrogen) atoms. The predicted octanol–water partition coefficient (Wildman–Crippen LogP) is 21.8. The molecule has 1 aliphatic carbocycles. The zero-order chi connectivity index (χ0) is 68.3. The summed E-state index contributed by atoms with van der Waals surface area (Å²) in [6.45, 7) is 33.7. The van der Waals surface area contributed by atoms with Crippen LogP contribution in [-0.4, -0.2) is 16.2 Å². The van der Waals surface area contributed by atoms with E-state index in [2.05, 4.69) is 115 Å². The first kappa shape index (κ1) is 43.7. The van der Waals surface area contributed by atoms with Gasteiger partial charge in [0, 0.05) is 45.9 Å². The van der Waals surface area contributed by atoms with Crippen molar-refractivity contribution in [1.82, 2.24) is 9.55 Å². The third-order valence-electron chi connectivity index (χ3n) is 17.2. The van der Waals surface area contributed by atoms with Crippen molar-refractivity contribution in [2.24, 2.45) is 0 Å². The molecule has 0 atom stereocenters. The van der Waals surface area contributed by atoms with Crippen molar-refractivity contribution in [3.63, 3.8) is 0 Å². The number of nitrogens with zero attached hydrogens (tertiary/aromatic N) is 4. The highest BCUT2D eigenvalue weighted by Crippen LogP contribution is 2.54. The van der Waals surface area contributed by atoms with Gasteiger partial charge in [0.25, 0.3) is 0 Å². The minimum absolute atomic E-state index is 0.0618. The fraction of sp³-hybridized carbons (Fsp3) is 0.321. The highest BCUT2D eigenvalue weighted by molar-refractivity contribution is 6.09. The van der Waals surface area contributed by atoms with E-state index < -0.39 is 16.2 Å². The van der Waals surface area contributed by atoms with Crippen LogP contribution in [0.15, 0.2) is 182 Å². The van der Waals surface area contributed by atoms with Gasteiger partial charge < -0.3 is 14.5 Å². The van der Waals surface area contributed by atoms with Crippen LogP contribution >= 0.6 is 0 Å². The molecule has 0 saturated carbocycles. The maximum absolute atomic E-state index is 10.3. The van der Waals surface area contributed by atoms with Gasteiger partial charge in [-0.25, -0.2) is 4.98 Å². The third kappa shape index (κ3) is 10.2. The molecular weight excluding hydrogens is 1010 g/mol. The molecule has 0 bridgehead atoms. The van der Waals surface area contributed by atoms with Gasteiger partial charge in [-0.1, -0.05) is 208 Å². The smallest absolute Gasteiger partial charge is 0.137 e. The molecule has 0 spiro atoms. The maximum Gasteiger partial charge on any atom is 0.137 e. The molecule has 12 rings (SSSR count). The van der Waals surface area contributed by atoms with Crippen LogP contribution in [0.25, 0.3) is 61.0 Å². The molecule has 0 amide bonds. The lowest BCUT2D eigenvalue weighted by atomic mass is 9.63. The summed E-state index contributed by atoms with van der Waals surface area (Å²) in [7, 11) is 0. The molecule has 5 heteroatoms. The van der Waals surface area contributed by atoms with Crippen molar-refractivity contribution in [2.45, 2.75) is 156 Å². The van der Waals surface area contributed by atoms with Gasteiger partial charge in [-0.3, -0.25) is 4.57 Å². The van der Waals surface area contributed by atoms with Crippen LogP contribution in [0.4, 0.5) is 22.7 Å². The quantitative estimate of drug-likeness (QED) is 0.152. The van der Waals surface area contributed by atoms with Gasteiger partial charge in [0.2, 0.25) is 0 Å². The Kier molecular flexibility index (Phi) is 10.5. The molecule has 0 fully saturated rings. The summed E-state index contributed by atoms with van der Waals surface area (Å²) in [5, 5.41) is 1.00. The number of pyridine rings is 1. The summed E-state index contributed by atoms with van der Waals surface area (Å²) in [4.78, 5) is 9.21. The van der Waals surface area contributed by atoms with Crippen LogP contribution in [0.2, 0.25) is 0 Å². The van der Waals surface area contributed by atoms with Crippen molar-refractivity contribution in [1.29, 1.82) is 0 Å². The Morgan fingerprint density at radius 1 is 0.482 bits per heavy atom. The van der Waals surface area contributed by atoms with E-state index in [-0.39, 0.29) is 106 Å². The summed E-state index contributed by atoms with van der Waals surface area (Å²) in [6.07, 6.45) is 3.76. The monoisotopic (exact) mass is 1100 g/mol. The largest absolute Gasteiger partial charge is 0.457 e.